The first-order valence-corrected chi connectivity index (χ1v) is 3.08. The molecule has 0 aromatic carbocycles. The summed E-state index contributed by atoms with van der Waals surface area (Å²) < 4.78 is 0. The van der Waals surface area contributed by atoms with Crippen molar-refractivity contribution in [3.05, 3.63) is 23.6 Å². The summed E-state index contributed by atoms with van der Waals surface area (Å²) in [5.41, 5.74) is 0.227. The zero-order valence-electron chi connectivity index (χ0n) is 6.02. The zero-order chi connectivity index (χ0) is 8.43. The molecule has 0 bridgehead atoms. The van der Waals surface area contributed by atoms with Crippen LogP contribution < -0.4 is 0 Å². The fourth-order valence-corrected chi connectivity index (χ4v) is 0.797. The highest BCUT2D eigenvalue weighted by Gasteiger charge is 2.20. The van der Waals surface area contributed by atoms with Gasteiger partial charge in [-0.15, -0.1) is 0 Å². The van der Waals surface area contributed by atoms with Crippen LogP contribution in [-0.4, -0.2) is 28.4 Å². The average molecular weight is 152 g/mol. The Kier molecular flexibility index (Phi) is 1.83. The molecule has 1 heterocycles. The Hall–Kier alpha value is -1.47. The smallest absolute Gasteiger partial charge is 0.188 e. The lowest BCUT2D eigenvalue weighted by atomic mass is 10.2. The molecular weight excluding hydrogens is 144 g/mol. The van der Waals surface area contributed by atoms with Crippen LogP contribution in [0.1, 0.15) is 0 Å². The van der Waals surface area contributed by atoms with Gasteiger partial charge in [-0.25, -0.2) is 0 Å². The van der Waals surface area contributed by atoms with Gasteiger partial charge >= 0.3 is 0 Å². The second kappa shape index (κ2) is 2.64. The number of likely N-dealkylation sites (N-methyl/N-ethyl adjacent to an activating group) is 1. The molecule has 1 unspecified atom stereocenters. The van der Waals surface area contributed by atoms with Gasteiger partial charge in [-0.2, -0.15) is 5.26 Å². The second-order valence-electron chi connectivity index (χ2n) is 2.24. The summed E-state index contributed by atoms with van der Waals surface area (Å²) in [4.78, 5) is 1.21. The largest absolute Gasteiger partial charge is 0.495 e. The number of aliphatic hydroxyl groups excluding tert-OH is 2. The van der Waals surface area contributed by atoms with Crippen molar-refractivity contribution in [3.63, 3.8) is 0 Å². The fraction of sp³-hybridized carbons (Fsp3) is 0.286. The van der Waals surface area contributed by atoms with Gasteiger partial charge in [0, 0.05) is 7.05 Å². The van der Waals surface area contributed by atoms with Crippen LogP contribution in [0.5, 0.6) is 0 Å². The minimum absolute atomic E-state index is 0.0449. The number of nitrogens with zero attached hydrogens (tertiary/aromatic N) is 2. The molecule has 0 aromatic rings. The highest BCUT2D eigenvalue weighted by atomic mass is 16.3. The Balaban J connectivity index is 2.95. The molecule has 4 heteroatoms. The van der Waals surface area contributed by atoms with Gasteiger partial charge in [-0.05, 0) is 12.2 Å². The molecule has 0 saturated carbocycles. The van der Waals surface area contributed by atoms with Crippen molar-refractivity contribution in [2.45, 2.75) is 6.23 Å². The van der Waals surface area contributed by atoms with Crippen molar-refractivity contribution in [1.29, 1.82) is 5.26 Å². The van der Waals surface area contributed by atoms with Crippen LogP contribution in [0.15, 0.2) is 23.6 Å². The van der Waals surface area contributed by atoms with Crippen LogP contribution in [0.25, 0.3) is 0 Å². The van der Waals surface area contributed by atoms with Crippen LogP contribution in [0.4, 0.5) is 0 Å². The molecule has 1 rings (SSSR count). The Morgan fingerprint density at radius 1 is 1.64 bits per heavy atom. The monoisotopic (exact) mass is 152 g/mol. The molecule has 0 saturated heterocycles. The van der Waals surface area contributed by atoms with E-state index in [1.807, 2.05) is 6.07 Å². The number of nitriles is 1. The summed E-state index contributed by atoms with van der Waals surface area (Å²) in [6.45, 7) is 0. The topological polar surface area (TPSA) is 67.5 Å². The molecule has 11 heavy (non-hydrogen) atoms. The molecule has 0 aromatic heterocycles. The average Bonchev–Trinajstić information content (AvgIpc) is 2.01. The minimum Gasteiger partial charge on any atom is -0.495 e. The predicted molar refractivity (Wildman–Crippen MR) is 38.2 cm³/mol. The summed E-state index contributed by atoms with van der Waals surface area (Å²) in [6.07, 6.45) is 1.73. The van der Waals surface area contributed by atoms with Crippen molar-refractivity contribution in [2.75, 3.05) is 7.05 Å². The number of allylic oxidation sites excluding steroid dienone is 2. The predicted octanol–water partition coefficient (Wildman–Crippen LogP) is 0.0996. The van der Waals surface area contributed by atoms with Crippen LogP contribution in [0, 0.1) is 11.3 Å². The molecule has 1 atom stereocenters. The van der Waals surface area contributed by atoms with E-state index in [4.69, 9.17) is 10.4 Å². The standard InChI is InChI=1S/C7H8N2O2/c1-9-6(10)3-2-5(4-8)7(9)11/h2-3,7,10-11H,1H3. The van der Waals surface area contributed by atoms with E-state index in [9.17, 15) is 5.11 Å². The van der Waals surface area contributed by atoms with Gasteiger partial charge in [-0.3, -0.25) is 0 Å². The van der Waals surface area contributed by atoms with Gasteiger partial charge in [-0.1, -0.05) is 0 Å². The van der Waals surface area contributed by atoms with Gasteiger partial charge in [0.2, 0.25) is 0 Å². The Morgan fingerprint density at radius 2 is 2.27 bits per heavy atom. The first kappa shape index (κ1) is 7.63. The summed E-state index contributed by atoms with van der Waals surface area (Å²) in [5.74, 6) is -0.0449. The maximum absolute atomic E-state index is 9.24. The summed E-state index contributed by atoms with van der Waals surface area (Å²) in [6, 6.07) is 1.82. The summed E-state index contributed by atoms with van der Waals surface area (Å²) in [5, 5.41) is 26.7. The first-order chi connectivity index (χ1) is 5.16. The van der Waals surface area contributed by atoms with Gasteiger partial charge < -0.3 is 15.1 Å². The molecule has 4 nitrogen and oxygen atoms in total. The third kappa shape index (κ3) is 1.18. The summed E-state index contributed by atoms with van der Waals surface area (Å²) in [7, 11) is 1.50. The highest BCUT2D eigenvalue weighted by molar-refractivity contribution is 5.33. The molecule has 1 aliphatic heterocycles. The van der Waals surface area contributed by atoms with Gasteiger partial charge in [0.25, 0.3) is 0 Å². The van der Waals surface area contributed by atoms with E-state index in [1.54, 1.807) is 0 Å². The third-order valence-corrected chi connectivity index (χ3v) is 1.55. The van der Waals surface area contributed by atoms with Gasteiger partial charge in [0.05, 0.1) is 11.6 Å². The molecule has 0 spiro atoms. The molecule has 58 valence electrons. The van der Waals surface area contributed by atoms with Crippen molar-refractivity contribution in [2.24, 2.45) is 0 Å². The van der Waals surface area contributed by atoms with Crippen LogP contribution >= 0.6 is 0 Å². The van der Waals surface area contributed by atoms with E-state index in [2.05, 4.69) is 0 Å². The Labute approximate surface area is 64.3 Å². The van der Waals surface area contributed by atoms with E-state index in [0.29, 0.717) is 0 Å². The maximum atomic E-state index is 9.24. The zero-order valence-corrected chi connectivity index (χ0v) is 6.02. The molecule has 0 radical (unpaired) electrons. The molecular formula is C7H8N2O2. The second-order valence-corrected chi connectivity index (χ2v) is 2.24. The normalized spacial score (nSPS) is 23.7. The molecule has 0 amide bonds. The first-order valence-electron chi connectivity index (χ1n) is 3.08. The van der Waals surface area contributed by atoms with E-state index in [-0.39, 0.29) is 11.5 Å². The summed E-state index contributed by atoms with van der Waals surface area (Å²) >= 11 is 0. The minimum atomic E-state index is -1.02. The molecule has 1 aliphatic rings. The molecule has 0 aliphatic carbocycles. The van der Waals surface area contributed by atoms with Crippen LogP contribution in [-0.2, 0) is 0 Å². The van der Waals surface area contributed by atoms with E-state index >= 15 is 0 Å². The molecule has 2 N–H and O–H groups in total. The fourth-order valence-electron chi connectivity index (χ4n) is 0.797. The van der Waals surface area contributed by atoms with Crippen molar-refractivity contribution in [3.8, 4) is 6.07 Å². The Morgan fingerprint density at radius 3 is 2.82 bits per heavy atom. The van der Waals surface area contributed by atoms with E-state index in [0.717, 1.165) is 0 Å². The number of hydrogen-bond donors (Lipinski definition) is 2. The van der Waals surface area contributed by atoms with Crippen molar-refractivity contribution >= 4 is 0 Å². The van der Waals surface area contributed by atoms with Crippen LogP contribution in [0.3, 0.4) is 0 Å². The van der Waals surface area contributed by atoms with Gasteiger partial charge in [0.15, 0.2) is 12.1 Å². The lowest BCUT2D eigenvalue weighted by Crippen LogP contribution is -2.33. The highest BCUT2D eigenvalue weighted by Crippen LogP contribution is 2.15. The van der Waals surface area contributed by atoms with Crippen LogP contribution in [0.2, 0.25) is 0 Å². The molecule has 0 fully saturated rings. The van der Waals surface area contributed by atoms with Crippen molar-refractivity contribution in [1.82, 2.24) is 4.90 Å². The van der Waals surface area contributed by atoms with E-state index in [1.165, 1.54) is 24.1 Å². The third-order valence-electron chi connectivity index (χ3n) is 1.55. The number of aliphatic hydroxyl groups is 2. The number of rotatable bonds is 0. The van der Waals surface area contributed by atoms with Gasteiger partial charge in [0.1, 0.15) is 0 Å². The SMILES string of the molecule is CN1C(O)=CC=C(C#N)C1O. The van der Waals surface area contributed by atoms with Crippen molar-refractivity contribution < 1.29 is 10.2 Å². The van der Waals surface area contributed by atoms with E-state index < -0.39 is 6.23 Å². The number of hydrogen-bond acceptors (Lipinski definition) is 4. The lowest BCUT2D eigenvalue weighted by Gasteiger charge is -2.26. The maximum Gasteiger partial charge on any atom is 0.188 e. The lowest BCUT2D eigenvalue weighted by molar-refractivity contribution is 0.0426. The Bertz CT molecular complexity index is 262. The quantitative estimate of drug-likeness (QED) is 0.516.